The Balaban J connectivity index is 0.679. The monoisotopic (exact) mass is 1230 g/mol. The summed E-state index contributed by atoms with van der Waals surface area (Å²) in [5.74, 6) is 0. The van der Waals surface area contributed by atoms with Gasteiger partial charge in [0.15, 0.2) is 0 Å². The minimum absolute atomic E-state index is 0.151. The molecule has 2 nitrogen and oxygen atoms in total. The zero-order valence-corrected chi connectivity index (χ0v) is 56.0. The van der Waals surface area contributed by atoms with E-state index in [9.17, 15) is 0 Å². The number of hydrogen-bond acceptors (Lipinski definition) is 2. The summed E-state index contributed by atoms with van der Waals surface area (Å²) in [6, 6.07) is 110. The maximum Gasteiger partial charge on any atom is 0.0464 e. The van der Waals surface area contributed by atoms with Gasteiger partial charge < -0.3 is 9.80 Å². The molecule has 0 N–H and O–H groups in total. The van der Waals surface area contributed by atoms with Crippen molar-refractivity contribution in [1.82, 2.24) is 0 Å². The van der Waals surface area contributed by atoms with Gasteiger partial charge in [0.2, 0.25) is 0 Å². The summed E-state index contributed by atoms with van der Waals surface area (Å²) in [4.78, 5) is 4.72. The first-order valence-electron chi connectivity index (χ1n) is 34.1. The van der Waals surface area contributed by atoms with Crippen LogP contribution < -0.4 is 9.80 Å². The SMILES string of the molecule is Cc1ccc(-c2ccc3c(c2)C(C)(C)c2cc(-c4ccc(N(c5ccc(-c6cccc(-c7cc8c(c9ccccc79)CC8)c6)cc5)c5ccc(-c6ccc7c(c6)C(C)(C)c6cc(-c8ccc(N(C)c9cccc(-c%10ccccc%10)c9)cc8C)ccc6-7)c(C)c5)cc4)ccc2-3)cc1. The first kappa shape index (κ1) is 58.7. The molecule has 3 aliphatic carbocycles. The zero-order valence-electron chi connectivity index (χ0n) is 56.0. The van der Waals surface area contributed by atoms with Crippen LogP contribution in [0.15, 0.2) is 291 Å². The fourth-order valence-corrected chi connectivity index (χ4v) is 16.1. The van der Waals surface area contributed by atoms with Gasteiger partial charge in [-0.3, -0.25) is 0 Å². The number of rotatable bonds is 12. The Hall–Kier alpha value is -11.1. The zero-order chi connectivity index (χ0) is 65.1. The van der Waals surface area contributed by atoms with E-state index in [0.29, 0.717) is 0 Å². The van der Waals surface area contributed by atoms with Crippen LogP contribution in [-0.2, 0) is 23.7 Å². The van der Waals surface area contributed by atoms with Crippen LogP contribution in [0.25, 0.3) is 111 Å². The number of nitrogens with zero attached hydrogens (tertiary/aromatic N) is 2. The smallest absolute Gasteiger partial charge is 0.0464 e. The van der Waals surface area contributed by atoms with Crippen molar-refractivity contribution in [3.63, 3.8) is 0 Å². The predicted molar refractivity (Wildman–Crippen MR) is 408 cm³/mol. The Morgan fingerprint density at radius 3 is 1.17 bits per heavy atom. The molecule has 0 aliphatic heterocycles. The van der Waals surface area contributed by atoms with Crippen LogP contribution in [0.3, 0.4) is 0 Å². The molecule has 0 atom stereocenters. The number of benzene rings is 14. The van der Waals surface area contributed by atoms with Crippen molar-refractivity contribution >= 4 is 39.2 Å². The van der Waals surface area contributed by atoms with Crippen LogP contribution in [0.5, 0.6) is 0 Å². The van der Waals surface area contributed by atoms with Crippen molar-refractivity contribution in [2.75, 3.05) is 16.8 Å². The molecule has 14 aromatic rings. The lowest BCUT2D eigenvalue weighted by atomic mass is 9.80. The summed E-state index contributed by atoms with van der Waals surface area (Å²) in [6.07, 6.45) is 2.32. The van der Waals surface area contributed by atoms with Gasteiger partial charge in [-0.25, -0.2) is 0 Å². The van der Waals surface area contributed by atoms with Crippen molar-refractivity contribution in [3.05, 3.63) is 341 Å². The quantitative estimate of drug-likeness (QED) is 0.120. The summed E-state index contributed by atoms with van der Waals surface area (Å²) in [6.45, 7) is 16.3. The Labute approximate surface area is 566 Å². The first-order valence-corrected chi connectivity index (χ1v) is 34.1. The summed E-state index contributed by atoms with van der Waals surface area (Å²) >= 11 is 0. The van der Waals surface area contributed by atoms with Crippen molar-refractivity contribution in [1.29, 1.82) is 0 Å². The van der Waals surface area contributed by atoms with Crippen LogP contribution in [0, 0.1) is 20.8 Å². The number of anilines is 5. The van der Waals surface area contributed by atoms with Gasteiger partial charge >= 0.3 is 0 Å². The molecule has 462 valence electrons. The van der Waals surface area contributed by atoms with E-state index >= 15 is 0 Å². The molecule has 0 radical (unpaired) electrons. The highest BCUT2D eigenvalue weighted by molar-refractivity contribution is 6.01. The second-order valence-electron chi connectivity index (χ2n) is 28.2. The second kappa shape index (κ2) is 22.9. The highest BCUT2D eigenvalue weighted by atomic mass is 15.1. The number of aryl methyl sites for hydroxylation is 5. The topological polar surface area (TPSA) is 6.48 Å². The summed E-state index contributed by atoms with van der Waals surface area (Å²) in [5, 5.41) is 2.73. The van der Waals surface area contributed by atoms with Gasteiger partial charge in [0, 0.05) is 46.3 Å². The molecule has 0 spiro atoms. The van der Waals surface area contributed by atoms with Gasteiger partial charge in [-0.15, -0.1) is 0 Å². The molecule has 0 aromatic heterocycles. The van der Waals surface area contributed by atoms with Crippen molar-refractivity contribution < 1.29 is 0 Å². The molecule has 3 aliphatic rings. The average Bonchev–Trinajstić information content (AvgIpc) is 1.54. The van der Waals surface area contributed by atoms with Gasteiger partial charge in [-0.2, -0.15) is 0 Å². The van der Waals surface area contributed by atoms with E-state index in [4.69, 9.17) is 0 Å². The van der Waals surface area contributed by atoms with Gasteiger partial charge in [0.1, 0.15) is 0 Å². The fraction of sp³-hybridized carbons (Fsp3) is 0.128. The molecular formula is C94H76N2. The molecule has 96 heavy (non-hydrogen) atoms. The van der Waals surface area contributed by atoms with E-state index in [2.05, 4.69) is 356 Å². The molecule has 0 saturated carbocycles. The summed E-state index contributed by atoms with van der Waals surface area (Å²) in [7, 11) is 2.17. The van der Waals surface area contributed by atoms with Crippen LogP contribution in [0.4, 0.5) is 28.4 Å². The Bertz CT molecular complexity index is 5430. The molecule has 0 heterocycles. The Morgan fingerprint density at radius 1 is 0.260 bits per heavy atom. The number of fused-ring (bicyclic) bond motifs is 9. The fourth-order valence-electron chi connectivity index (χ4n) is 16.1. The lowest BCUT2D eigenvalue weighted by Gasteiger charge is -2.27. The van der Waals surface area contributed by atoms with E-state index in [1.165, 1.54) is 173 Å². The minimum Gasteiger partial charge on any atom is -0.345 e. The summed E-state index contributed by atoms with van der Waals surface area (Å²) in [5.41, 5.74) is 40.2. The van der Waals surface area contributed by atoms with E-state index in [0.717, 1.165) is 29.2 Å². The lowest BCUT2D eigenvalue weighted by Crippen LogP contribution is -2.15. The van der Waals surface area contributed by atoms with Crippen LogP contribution in [0.1, 0.15) is 77.8 Å². The third-order valence-electron chi connectivity index (χ3n) is 21.7. The highest BCUT2D eigenvalue weighted by Gasteiger charge is 2.38. The maximum atomic E-state index is 2.47. The average molecular weight is 1230 g/mol. The Kier molecular flexibility index (Phi) is 14.0. The van der Waals surface area contributed by atoms with Gasteiger partial charge in [-0.1, -0.05) is 233 Å². The van der Waals surface area contributed by atoms with Crippen molar-refractivity contribution in [2.24, 2.45) is 0 Å². The molecule has 0 amide bonds. The lowest BCUT2D eigenvalue weighted by molar-refractivity contribution is 0.660. The largest absolute Gasteiger partial charge is 0.345 e. The van der Waals surface area contributed by atoms with Crippen LogP contribution >= 0.6 is 0 Å². The summed E-state index contributed by atoms with van der Waals surface area (Å²) < 4.78 is 0. The van der Waals surface area contributed by atoms with Gasteiger partial charge in [0.25, 0.3) is 0 Å². The predicted octanol–water partition coefficient (Wildman–Crippen LogP) is 25.4. The van der Waals surface area contributed by atoms with Gasteiger partial charge in [0.05, 0.1) is 0 Å². The first-order chi connectivity index (χ1) is 46.7. The van der Waals surface area contributed by atoms with E-state index in [-0.39, 0.29) is 10.8 Å². The van der Waals surface area contributed by atoms with E-state index in [1.54, 1.807) is 0 Å². The van der Waals surface area contributed by atoms with Gasteiger partial charge in [-0.05, 0) is 280 Å². The molecule has 2 heteroatoms. The van der Waals surface area contributed by atoms with Crippen molar-refractivity contribution in [3.8, 4) is 100 Å². The molecular weight excluding hydrogens is 1160 g/mol. The molecule has 0 bridgehead atoms. The van der Waals surface area contributed by atoms with Crippen molar-refractivity contribution in [2.45, 2.75) is 72.1 Å². The standard InChI is InChI=1S/C94H76N2/c1-59-24-26-63(27-25-59)68-32-44-84-85-45-33-69(56-90(85)93(4,5)89(84)55-68)65-30-39-75(40-31-65)96(74-37-28-64(29-38-74)66-18-14-20-70(52-66)88-54-71-34-43-81(71)82-22-12-13-23-83(82)88)78-42-49-80(61(3)51-78)73-36-47-87-86-46-35-72(57-91(86)94(6,7)92(87)58-73)79-48-41-77(50-60(79)2)95(8)76-21-15-19-67(53-76)62-16-10-9-11-17-62/h9-33,35-42,44-58H,34,43H2,1-8H3. The number of hydrogen-bond donors (Lipinski definition) is 0. The molecule has 0 fully saturated rings. The third kappa shape index (κ3) is 9.92. The molecule has 0 unspecified atom stereocenters. The van der Waals surface area contributed by atoms with Crippen LogP contribution in [0.2, 0.25) is 0 Å². The molecule has 0 saturated heterocycles. The minimum atomic E-state index is -0.206. The van der Waals surface area contributed by atoms with E-state index in [1.807, 2.05) is 0 Å². The third-order valence-corrected chi connectivity index (χ3v) is 21.7. The van der Waals surface area contributed by atoms with Crippen LogP contribution in [-0.4, -0.2) is 7.05 Å². The maximum absolute atomic E-state index is 2.47. The van der Waals surface area contributed by atoms with E-state index < -0.39 is 0 Å². The second-order valence-corrected chi connectivity index (χ2v) is 28.2. The Morgan fingerprint density at radius 2 is 0.635 bits per heavy atom. The normalized spacial score (nSPS) is 13.5. The molecule has 17 rings (SSSR count). The molecule has 14 aromatic carbocycles. The highest BCUT2D eigenvalue weighted by Crippen LogP contribution is 2.54.